The van der Waals surface area contributed by atoms with Crippen LogP contribution in [0.5, 0.6) is 0 Å². The van der Waals surface area contributed by atoms with E-state index < -0.39 is 17.8 Å². The highest BCUT2D eigenvalue weighted by molar-refractivity contribution is 5.31. The van der Waals surface area contributed by atoms with Gasteiger partial charge in [0, 0.05) is 26.2 Å². The smallest absolute Gasteiger partial charge is 0.387 e. The average molecular weight is 332 g/mol. The molecule has 1 aliphatic heterocycles. The molecule has 0 radical (unpaired) electrons. The molecule has 0 spiro atoms. The number of aliphatic hydroxyl groups excluding tert-OH is 1. The first-order valence-electron chi connectivity index (χ1n) is 7.80. The first kappa shape index (κ1) is 18.2. The van der Waals surface area contributed by atoms with Gasteiger partial charge in [0.05, 0.1) is 24.4 Å². The lowest BCUT2D eigenvalue weighted by atomic mass is 10.0. The highest BCUT2D eigenvalue weighted by atomic mass is 19.4. The van der Waals surface area contributed by atoms with Crippen molar-refractivity contribution in [2.24, 2.45) is 0 Å². The maximum absolute atomic E-state index is 12.9. The fourth-order valence-electron chi connectivity index (χ4n) is 2.73. The molecule has 0 aliphatic carbocycles. The zero-order chi connectivity index (χ0) is 16.9. The Balaban J connectivity index is 1.87. The summed E-state index contributed by atoms with van der Waals surface area (Å²) < 4.78 is 44.4. The average Bonchev–Trinajstić information content (AvgIpc) is 2.54. The van der Waals surface area contributed by atoms with E-state index in [1.807, 2.05) is 0 Å². The first-order chi connectivity index (χ1) is 10.9. The third-order valence-electron chi connectivity index (χ3n) is 4.01. The Morgan fingerprint density at radius 3 is 2.83 bits per heavy atom. The predicted molar refractivity (Wildman–Crippen MR) is 81.1 cm³/mol. The van der Waals surface area contributed by atoms with Crippen molar-refractivity contribution in [2.75, 3.05) is 39.3 Å². The fraction of sp³-hybridized carbons (Fsp3) is 0.625. The minimum atomic E-state index is -4.47. The summed E-state index contributed by atoms with van der Waals surface area (Å²) in [6.45, 7) is 5.92. The number of morpholine rings is 1. The van der Waals surface area contributed by atoms with Gasteiger partial charge in [-0.15, -0.1) is 0 Å². The zero-order valence-corrected chi connectivity index (χ0v) is 13.1. The van der Waals surface area contributed by atoms with Crippen molar-refractivity contribution in [3.05, 3.63) is 35.4 Å². The Morgan fingerprint density at radius 1 is 1.39 bits per heavy atom. The van der Waals surface area contributed by atoms with Gasteiger partial charge in [0.15, 0.2) is 0 Å². The van der Waals surface area contributed by atoms with Crippen molar-refractivity contribution in [3.8, 4) is 0 Å². The lowest BCUT2D eigenvalue weighted by molar-refractivity contribution is -0.139. The van der Waals surface area contributed by atoms with Crippen molar-refractivity contribution in [1.82, 2.24) is 10.2 Å². The summed E-state index contributed by atoms with van der Waals surface area (Å²) in [7, 11) is 0. The second-order valence-corrected chi connectivity index (χ2v) is 5.65. The van der Waals surface area contributed by atoms with Crippen LogP contribution in [0.2, 0.25) is 0 Å². The van der Waals surface area contributed by atoms with Crippen LogP contribution < -0.4 is 5.32 Å². The molecule has 130 valence electrons. The molecule has 7 heteroatoms. The van der Waals surface area contributed by atoms with Crippen LogP contribution in [-0.2, 0) is 10.9 Å². The molecule has 1 fully saturated rings. The summed E-state index contributed by atoms with van der Waals surface area (Å²) in [5, 5.41) is 13.1. The molecule has 2 rings (SSSR count). The van der Waals surface area contributed by atoms with Crippen LogP contribution in [0.25, 0.3) is 0 Å². The van der Waals surface area contributed by atoms with E-state index in [2.05, 4.69) is 17.1 Å². The minimum absolute atomic E-state index is 0.00578. The molecule has 0 saturated carbocycles. The maximum atomic E-state index is 12.9. The Morgan fingerprint density at radius 2 is 2.13 bits per heavy atom. The van der Waals surface area contributed by atoms with Gasteiger partial charge >= 0.3 is 6.18 Å². The van der Waals surface area contributed by atoms with Gasteiger partial charge in [-0.25, -0.2) is 0 Å². The van der Waals surface area contributed by atoms with Crippen molar-refractivity contribution in [2.45, 2.75) is 25.3 Å². The summed E-state index contributed by atoms with van der Waals surface area (Å²) in [5.74, 6) is 0. The van der Waals surface area contributed by atoms with Crippen molar-refractivity contribution in [1.29, 1.82) is 0 Å². The molecular formula is C16H23F3N2O2. The summed E-state index contributed by atoms with van der Waals surface area (Å²) in [4.78, 5) is 2.26. The predicted octanol–water partition coefficient (Wildman–Crippen LogP) is 2.05. The monoisotopic (exact) mass is 332 g/mol. The van der Waals surface area contributed by atoms with Crippen LogP contribution in [0.1, 0.15) is 24.2 Å². The van der Waals surface area contributed by atoms with Gasteiger partial charge in [-0.05, 0) is 18.2 Å². The summed E-state index contributed by atoms with van der Waals surface area (Å²) in [6.07, 6.45) is -5.68. The van der Waals surface area contributed by atoms with Crippen molar-refractivity contribution < 1.29 is 23.0 Å². The molecule has 0 unspecified atom stereocenters. The second-order valence-electron chi connectivity index (χ2n) is 5.65. The van der Waals surface area contributed by atoms with Gasteiger partial charge in [-0.3, -0.25) is 4.90 Å². The quantitative estimate of drug-likeness (QED) is 0.837. The molecule has 1 saturated heterocycles. The number of alkyl halides is 3. The van der Waals surface area contributed by atoms with E-state index in [1.54, 1.807) is 0 Å². The number of hydrogen-bond acceptors (Lipinski definition) is 4. The third-order valence-corrected chi connectivity index (χ3v) is 4.01. The molecule has 0 aromatic heterocycles. The van der Waals surface area contributed by atoms with Crippen molar-refractivity contribution in [3.63, 3.8) is 0 Å². The third kappa shape index (κ3) is 5.17. The molecule has 1 aromatic carbocycles. The molecule has 1 heterocycles. The van der Waals surface area contributed by atoms with Gasteiger partial charge in [-0.1, -0.05) is 25.1 Å². The number of rotatable bonds is 6. The van der Waals surface area contributed by atoms with Crippen LogP contribution in [-0.4, -0.2) is 55.4 Å². The summed E-state index contributed by atoms with van der Waals surface area (Å²) in [5.41, 5.74) is -0.896. The Labute approximate surface area is 134 Å². The number of aliphatic hydroxyl groups is 1. The zero-order valence-electron chi connectivity index (χ0n) is 13.1. The summed E-state index contributed by atoms with van der Waals surface area (Å²) >= 11 is 0. The first-order valence-corrected chi connectivity index (χ1v) is 7.80. The number of nitrogens with one attached hydrogen (secondary N) is 1. The Hall–Kier alpha value is -1.15. The van der Waals surface area contributed by atoms with Gasteiger partial charge in [0.1, 0.15) is 0 Å². The second kappa shape index (κ2) is 8.10. The number of halogens is 3. The number of likely N-dealkylation sites (N-methyl/N-ethyl adjacent to an activating group) is 1. The van der Waals surface area contributed by atoms with Crippen molar-refractivity contribution >= 4 is 0 Å². The van der Waals surface area contributed by atoms with Crippen LogP contribution in [0, 0.1) is 0 Å². The number of hydrogen-bond donors (Lipinski definition) is 2. The molecule has 4 nitrogen and oxygen atoms in total. The van der Waals surface area contributed by atoms with Crippen LogP contribution in [0.15, 0.2) is 24.3 Å². The molecule has 0 amide bonds. The topological polar surface area (TPSA) is 44.7 Å². The number of ether oxygens (including phenoxy) is 1. The lowest BCUT2D eigenvalue weighted by Gasteiger charge is -2.32. The van der Waals surface area contributed by atoms with E-state index >= 15 is 0 Å². The number of benzene rings is 1. The SMILES string of the molecule is CCN1CCO[C@H](CNC[C@H](O)c2ccccc2C(F)(F)F)C1. The van der Waals surface area contributed by atoms with E-state index in [1.165, 1.54) is 18.2 Å². The maximum Gasteiger partial charge on any atom is 0.416 e. The molecule has 1 aliphatic rings. The molecular weight excluding hydrogens is 309 g/mol. The highest BCUT2D eigenvalue weighted by Crippen LogP contribution is 2.34. The lowest BCUT2D eigenvalue weighted by Crippen LogP contribution is -2.46. The van der Waals surface area contributed by atoms with E-state index in [0.717, 1.165) is 25.7 Å². The Kier molecular flexibility index (Phi) is 6.41. The Bertz CT molecular complexity index is 496. The van der Waals surface area contributed by atoms with E-state index in [4.69, 9.17) is 4.74 Å². The van der Waals surface area contributed by atoms with E-state index in [-0.39, 0.29) is 18.2 Å². The van der Waals surface area contributed by atoms with Gasteiger partial charge in [0.2, 0.25) is 0 Å². The molecule has 1 aromatic rings. The standard InChI is InChI=1S/C16H23F3N2O2/c1-2-21-7-8-23-12(11-21)9-20-10-15(22)13-5-3-4-6-14(13)16(17,18)19/h3-6,12,15,20,22H,2,7-11H2,1H3/t12-,15+/m1/s1. The van der Waals surface area contributed by atoms with Gasteiger partial charge < -0.3 is 15.2 Å². The van der Waals surface area contributed by atoms with E-state index in [9.17, 15) is 18.3 Å². The number of nitrogens with zero attached hydrogens (tertiary/aromatic N) is 1. The van der Waals surface area contributed by atoms with Crippen LogP contribution in [0.3, 0.4) is 0 Å². The van der Waals surface area contributed by atoms with E-state index in [0.29, 0.717) is 13.2 Å². The largest absolute Gasteiger partial charge is 0.416 e. The van der Waals surface area contributed by atoms with Crippen LogP contribution in [0.4, 0.5) is 13.2 Å². The van der Waals surface area contributed by atoms with Gasteiger partial charge in [0.25, 0.3) is 0 Å². The molecule has 23 heavy (non-hydrogen) atoms. The fourth-order valence-corrected chi connectivity index (χ4v) is 2.73. The normalized spacial score (nSPS) is 21.3. The highest BCUT2D eigenvalue weighted by Gasteiger charge is 2.34. The summed E-state index contributed by atoms with van der Waals surface area (Å²) in [6, 6.07) is 5.12. The van der Waals surface area contributed by atoms with Crippen LogP contribution >= 0.6 is 0 Å². The molecule has 0 bridgehead atoms. The molecule has 2 N–H and O–H groups in total. The molecule has 2 atom stereocenters. The van der Waals surface area contributed by atoms with Gasteiger partial charge in [-0.2, -0.15) is 13.2 Å². The minimum Gasteiger partial charge on any atom is -0.387 e.